The predicted molar refractivity (Wildman–Crippen MR) is 128 cm³/mol. The molecule has 0 aromatic heterocycles. The van der Waals surface area contributed by atoms with E-state index in [0.717, 1.165) is 17.7 Å². The molecule has 5 rings (SSSR count). The van der Waals surface area contributed by atoms with Gasteiger partial charge in [0.05, 0.1) is 16.8 Å². The van der Waals surface area contributed by atoms with Gasteiger partial charge in [-0.2, -0.15) is 0 Å². The van der Waals surface area contributed by atoms with Crippen LogP contribution in [0.15, 0.2) is 77.8 Å². The molecule has 1 heterocycles. The summed E-state index contributed by atoms with van der Waals surface area (Å²) in [6.07, 6.45) is 7.59. The van der Waals surface area contributed by atoms with E-state index in [1.165, 1.54) is 22.4 Å². The van der Waals surface area contributed by atoms with Crippen LogP contribution < -0.4 is 5.32 Å². The zero-order valence-corrected chi connectivity index (χ0v) is 18.2. The number of anilines is 1. The molecule has 2 aliphatic rings. The largest absolute Gasteiger partial charge is 0.378 e. The minimum absolute atomic E-state index is 0.295. The van der Waals surface area contributed by atoms with E-state index in [0.29, 0.717) is 27.9 Å². The van der Waals surface area contributed by atoms with Gasteiger partial charge in [-0.3, -0.25) is 4.99 Å². The van der Waals surface area contributed by atoms with E-state index in [2.05, 4.69) is 71.8 Å². The van der Waals surface area contributed by atoms with Crippen molar-refractivity contribution in [3.8, 4) is 0 Å². The van der Waals surface area contributed by atoms with Crippen LogP contribution >= 0.6 is 23.2 Å². The summed E-state index contributed by atoms with van der Waals surface area (Å²) >= 11 is 12.2. The normalized spacial score (nSPS) is 22.0. The highest BCUT2D eigenvalue weighted by Gasteiger charge is 2.37. The highest BCUT2D eigenvalue weighted by Crippen LogP contribution is 2.50. The smallest absolute Gasteiger partial charge is 0.0630 e. The summed E-state index contributed by atoms with van der Waals surface area (Å²) in [5, 5.41) is 5.02. The average molecular weight is 433 g/mol. The van der Waals surface area contributed by atoms with E-state index in [9.17, 15) is 0 Å². The van der Waals surface area contributed by atoms with Crippen LogP contribution in [-0.2, 0) is 0 Å². The SMILES string of the molecule is Cc1ccc2c(c1)[C@@H]1C=CC[C@@H]1[C@H](c1ccc(N=Cc3ccc(Cl)cc3Cl)cc1)N2. The molecule has 4 heteroatoms. The van der Waals surface area contributed by atoms with Gasteiger partial charge in [-0.25, -0.2) is 0 Å². The first-order valence-electron chi connectivity index (χ1n) is 10.2. The second-order valence-corrected chi connectivity index (χ2v) is 8.93. The maximum absolute atomic E-state index is 6.24. The number of benzene rings is 3. The predicted octanol–water partition coefficient (Wildman–Crippen LogP) is 7.88. The number of nitrogens with one attached hydrogen (secondary N) is 1. The van der Waals surface area contributed by atoms with Gasteiger partial charge in [-0.15, -0.1) is 0 Å². The summed E-state index contributed by atoms with van der Waals surface area (Å²) in [5.41, 5.74) is 7.03. The van der Waals surface area contributed by atoms with Gasteiger partial charge in [0.25, 0.3) is 0 Å². The van der Waals surface area contributed by atoms with Crippen molar-refractivity contribution >= 4 is 40.8 Å². The fourth-order valence-electron chi connectivity index (χ4n) is 4.56. The number of hydrogen-bond donors (Lipinski definition) is 1. The second kappa shape index (κ2) is 7.94. The van der Waals surface area contributed by atoms with Crippen molar-refractivity contribution in [2.24, 2.45) is 10.9 Å². The molecule has 3 atom stereocenters. The fourth-order valence-corrected chi connectivity index (χ4v) is 5.02. The first kappa shape index (κ1) is 19.4. The number of rotatable bonds is 3. The van der Waals surface area contributed by atoms with Crippen molar-refractivity contribution in [1.82, 2.24) is 0 Å². The Hall–Kier alpha value is -2.55. The molecule has 0 saturated carbocycles. The Kier molecular flexibility index (Phi) is 5.14. The molecule has 0 bridgehead atoms. The highest BCUT2D eigenvalue weighted by molar-refractivity contribution is 6.36. The van der Waals surface area contributed by atoms with E-state index >= 15 is 0 Å². The van der Waals surface area contributed by atoms with Crippen LogP contribution in [0.5, 0.6) is 0 Å². The molecule has 3 aromatic rings. The van der Waals surface area contributed by atoms with Crippen molar-refractivity contribution in [2.75, 3.05) is 5.32 Å². The Balaban J connectivity index is 1.39. The van der Waals surface area contributed by atoms with E-state index in [4.69, 9.17) is 23.2 Å². The molecule has 0 spiro atoms. The third-order valence-corrected chi connectivity index (χ3v) is 6.65. The molecule has 1 aliphatic carbocycles. The summed E-state index contributed by atoms with van der Waals surface area (Å²) in [4.78, 5) is 4.58. The van der Waals surface area contributed by atoms with Crippen molar-refractivity contribution in [2.45, 2.75) is 25.3 Å². The number of nitrogens with zero attached hydrogens (tertiary/aromatic N) is 1. The third-order valence-electron chi connectivity index (χ3n) is 6.09. The van der Waals surface area contributed by atoms with Gasteiger partial charge in [0, 0.05) is 28.4 Å². The van der Waals surface area contributed by atoms with E-state index in [-0.39, 0.29) is 0 Å². The van der Waals surface area contributed by atoms with Crippen LogP contribution in [0.4, 0.5) is 11.4 Å². The monoisotopic (exact) mass is 432 g/mol. The van der Waals surface area contributed by atoms with Crippen LogP contribution in [0.2, 0.25) is 10.0 Å². The third kappa shape index (κ3) is 3.66. The van der Waals surface area contributed by atoms with Crippen molar-refractivity contribution < 1.29 is 0 Å². The summed E-state index contributed by atoms with van der Waals surface area (Å²) in [6.45, 7) is 2.16. The highest BCUT2D eigenvalue weighted by atomic mass is 35.5. The topological polar surface area (TPSA) is 24.4 Å². The lowest BCUT2D eigenvalue weighted by atomic mass is 9.76. The maximum Gasteiger partial charge on any atom is 0.0630 e. The maximum atomic E-state index is 6.24. The summed E-state index contributed by atoms with van der Waals surface area (Å²) in [5.74, 6) is 1.03. The molecule has 0 amide bonds. The number of halogens is 2. The fraction of sp³-hybridized carbons (Fsp3) is 0.192. The Labute approximate surface area is 187 Å². The molecule has 3 aromatic carbocycles. The van der Waals surface area contributed by atoms with Crippen LogP contribution in [0.3, 0.4) is 0 Å². The Bertz CT molecular complexity index is 1150. The minimum atomic E-state index is 0.295. The zero-order chi connectivity index (χ0) is 20.7. The Morgan fingerprint density at radius 3 is 2.63 bits per heavy atom. The standard InChI is InChI=1S/C26H22Cl2N2/c1-16-5-12-25-23(13-16)21-3-2-4-22(21)26(30-25)17-7-10-20(11-8-17)29-15-18-6-9-19(27)14-24(18)28/h2-3,5-15,21-22,26,30H,4H2,1H3/t21-,22+,26+/m1/s1. The molecular weight excluding hydrogens is 411 g/mol. The molecule has 2 nitrogen and oxygen atoms in total. The molecule has 1 N–H and O–H groups in total. The van der Waals surface area contributed by atoms with Crippen LogP contribution in [-0.4, -0.2) is 6.21 Å². The lowest BCUT2D eigenvalue weighted by Gasteiger charge is -2.37. The number of aliphatic imine (C=N–C) groups is 1. The first-order chi connectivity index (χ1) is 14.6. The number of fused-ring (bicyclic) bond motifs is 3. The molecule has 0 saturated heterocycles. The van der Waals surface area contributed by atoms with E-state index in [1.807, 2.05) is 12.1 Å². The molecule has 0 fully saturated rings. The number of hydrogen-bond acceptors (Lipinski definition) is 2. The van der Waals surface area contributed by atoms with Crippen LogP contribution in [0, 0.1) is 12.8 Å². The minimum Gasteiger partial charge on any atom is -0.378 e. The van der Waals surface area contributed by atoms with Gasteiger partial charge in [0.2, 0.25) is 0 Å². The van der Waals surface area contributed by atoms with Crippen molar-refractivity contribution in [3.63, 3.8) is 0 Å². The molecule has 150 valence electrons. The van der Waals surface area contributed by atoms with Crippen molar-refractivity contribution in [3.05, 3.63) is 105 Å². The quantitative estimate of drug-likeness (QED) is 0.330. The van der Waals surface area contributed by atoms with Crippen LogP contribution in [0.25, 0.3) is 0 Å². The van der Waals surface area contributed by atoms with E-state index < -0.39 is 0 Å². The van der Waals surface area contributed by atoms with Crippen LogP contribution in [0.1, 0.15) is 40.6 Å². The Morgan fingerprint density at radius 1 is 1.00 bits per heavy atom. The molecule has 0 unspecified atom stereocenters. The first-order valence-corrected chi connectivity index (χ1v) is 11.0. The van der Waals surface area contributed by atoms with Gasteiger partial charge >= 0.3 is 0 Å². The second-order valence-electron chi connectivity index (χ2n) is 8.08. The Morgan fingerprint density at radius 2 is 1.83 bits per heavy atom. The average Bonchev–Trinajstić information content (AvgIpc) is 3.23. The van der Waals surface area contributed by atoms with Gasteiger partial charge in [0.1, 0.15) is 0 Å². The summed E-state index contributed by atoms with van der Waals surface area (Å²) < 4.78 is 0. The van der Waals surface area contributed by atoms with Gasteiger partial charge < -0.3 is 5.32 Å². The van der Waals surface area contributed by atoms with E-state index in [1.54, 1.807) is 12.3 Å². The molecular formula is C26H22Cl2N2. The van der Waals surface area contributed by atoms with Gasteiger partial charge in [-0.05, 0) is 60.7 Å². The number of aryl methyl sites for hydroxylation is 1. The summed E-state index contributed by atoms with van der Waals surface area (Å²) in [7, 11) is 0. The lowest BCUT2D eigenvalue weighted by molar-refractivity contribution is 0.425. The van der Waals surface area contributed by atoms with Crippen molar-refractivity contribution in [1.29, 1.82) is 0 Å². The molecule has 30 heavy (non-hydrogen) atoms. The van der Waals surface area contributed by atoms with Gasteiger partial charge in [-0.1, -0.05) is 71.2 Å². The molecule has 1 aliphatic heterocycles. The zero-order valence-electron chi connectivity index (χ0n) is 16.6. The summed E-state index contributed by atoms with van der Waals surface area (Å²) in [6, 6.07) is 20.9. The van der Waals surface area contributed by atoms with Gasteiger partial charge in [0.15, 0.2) is 0 Å². The molecule has 0 radical (unpaired) electrons. The lowest BCUT2D eigenvalue weighted by Crippen LogP contribution is -2.29. The number of allylic oxidation sites excluding steroid dienone is 2.